The second-order valence-electron chi connectivity index (χ2n) is 6.94. The number of amides is 2. The van der Waals surface area contributed by atoms with Crippen LogP contribution in [0.15, 0.2) is 72.4 Å². The first-order valence-electron chi connectivity index (χ1n) is 9.98. The Hall–Kier alpha value is -4.86. The molecule has 4 N–H and O–H groups in total. The molecule has 0 bridgehead atoms. The summed E-state index contributed by atoms with van der Waals surface area (Å²) in [4.78, 5) is 37.0. The highest BCUT2D eigenvalue weighted by molar-refractivity contribution is 6.11. The number of carbonyl (C=O) groups excluding carboxylic acids is 2. The number of benzene rings is 3. The lowest BCUT2D eigenvalue weighted by Gasteiger charge is -2.13. The molecule has 0 saturated carbocycles. The smallest absolute Gasteiger partial charge is 0.280 e. The van der Waals surface area contributed by atoms with Crippen molar-refractivity contribution in [3.63, 3.8) is 0 Å². The van der Waals surface area contributed by atoms with Gasteiger partial charge in [-0.25, -0.2) is 0 Å². The molecule has 0 aliphatic rings. The molecule has 10 heteroatoms. The summed E-state index contributed by atoms with van der Waals surface area (Å²) in [5.74, 6) is -0.957. The van der Waals surface area contributed by atoms with Crippen molar-refractivity contribution in [1.29, 1.82) is 0 Å². The Kier molecular flexibility index (Phi) is 7.45. The van der Waals surface area contributed by atoms with Gasteiger partial charge in [0.1, 0.15) is 5.70 Å². The maximum Gasteiger partial charge on any atom is 0.280 e. The van der Waals surface area contributed by atoms with Crippen molar-refractivity contribution in [2.45, 2.75) is 0 Å². The van der Waals surface area contributed by atoms with E-state index < -0.39 is 16.7 Å². The van der Waals surface area contributed by atoms with E-state index in [1.807, 2.05) is 0 Å². The van der Waals surface area contributed by atoms with E-state index in [1.165, 1.54) is 32.4 Å². The van der Waals surface area contributed by atoms with Gasteiger partial charge in [-0.2, -0.15) is 0 Å². The average molecular weight is 462 g/mol. The van der Waals surface area contributed by atoms with Crippen LogP contribution in [0.25, 0.3) is 6.08 Å². The summed E-state index contributed by atoms with van der Waals surface area (Å²) in [6.07, 6.45) is 1.19. The van der Waals surface area contributed by atoms with Gasteiger partial charge in [-0.15, -0.1) is 0 Å². The monoisotopic (exact) mass is 462 g/mol. The minimum Gasteiger partial charge on any atom is -0.493 e. The van der Waals surface area contributed by atoms with E-state index in [0.29, 0.717) is 16.9 Å². The largest absolute Gasteiger partial charge is 0.493 e. The maximum atomic E-state index is 13.1. The molecular weight excluding hydrogens is 440 g/mol. The van der Waals surface area contributed by atoms with Gasteiger partial charge in [0.15, 0.2) is 11.5 Å². The van der Waals surface area contributed by atoms with Crippen LogP contribution >= 0.6 is 0 Å². The number of hydrogen-bond acceptors (Lipinski definition) is 7. The zero-order valence-electron chi connectivity index (χ0n) is 18.4. The highest BCUT2D eigenvalue weighted by Crippen LogP contribution is 2.35. The molecule has 0 aliphatic carbocycles. The number of nitrogens with one attached hydrogen (secondary N) is 2. The van der Waals surface area contributed by atoms with Crippen molar-refractivity contribution in [1.82, 2.24) is 5.32 Å². The number of para-hydroxylation sites is 2. The number of methoxy groups -OCH3 is 2. The van der Waals surface area contributed by atoms with Gasteiger partial charge in [-0.05, 0) is 36.4 Å². The molecule has 0 aliphatic heterocycles. The number of nitro benzene ring substituents is 1. The molecule has 0 spiro atoms. The second-order valence-corrected chi connectivity index (χ2v) is 6.94. The highest BCUT2D eigenvalue weighted by atomic mass is 16.6. The van der Waals surface area contributed by atoms with Crippen LogP contribution in [0.3, 0.4) is 0 Å². The van der Waals surface area contributed by atoms with Gasteiger partial charge >= 0.3 is 0 Å². The normalized spacial score (nSPS) is 10.8. The molecule has 3 rings (SSSR count). The lowest BCUT2D eigenvalue weighted by Crippen LogP contribution is -2.31. The van der Waals surface area contributed by atoms with Crippen LogP contribution in [0.5, 0.6) is 11.5 Å². The van der Waals surface area contributed by atoms with Crippen LogP contribution in [0.4, 0.5) is 17.1 Å². The first-order valence-corrected chi connectivity index (χ1v) is 9.98. The first kappa shape index (κ1) is 23.8. The van der Waals surface area contributed by atoms with Crippen LogP contribution < -0.4 is 25.8 Å². The quantitative estimate of drug-likeness (QED) is 0.201. The number of hydrogen-bond donors (Lipinski definition) is 3. The molecule has 0 heterocycles. The Morgan fingerprint density at radius 1 is 0.971 bits per heavy atom. The van der Waals surface area contributed by atoms with Gasteiger partial charge in [-0.1, -0.05) is 30.3 Å². The molecule has 10 nitrogen and oxygen atoms in total. The fourth-order valence-corrected chi connectivity index (χ4v) is 3.06. The van der Waals surface area contributed by atoms with Gasteiger partial charge in [-0.3, -0.25) is 19.7 Å². The lowest BCUT2D eigenvalue weighted by molar-refractivity contribution is -0.385. The van der Waals surface area contributed by atoms with Crippen molar-refractivity contribution in [3.05, 3.63) is 93.7 Å². The van der Waals surface area contributed by atoms with Gasteiger partial charge in [0, 0.05) is 5.56 Å². The second kappa shape index (κ2) is 10.6. The number of anilines is 2. The van der Waals surface area contributed by atoms with Gasteiger partial charge in [0.05, 0.1) is 42.1 Å². The Morgan fingerprint density at radius 2 is 1.59 bits per heavy atom. The zero-order valence-corrected chi connectivity index (χ0v) is 18.4. The van der Waals surface area contributed by atoms with Crippen LogP contribution in [-0.2, 0) is 4.79 Å². The number of ether oxygens (including phenoxy) is 2. The van der Waals surface area contributed by atoms with E-state index >= 15 is 0 Å². The molecule has 174 valence electrons. The van der Waals surface area contributed by atoms with Crippen LogP contribution in [0.1, 0.15) is 15.9 Å². The number of carbonyl (C=O) groups is 2. The molecular formula is C24H22N4O6. The molecule has 3 aromatic rings. The van der Waals surface area contributed by atoms with Gasteiger partial charge < -0.3 is 25.8 Å². The lowest BCUT2D eigenvalue weighted by atomic mass is 10.1. The van der Waals surface area contributed by atoms with Crippen LogP contribution in [0, 0.1) is 10.1 Å². The molecule has 0 radical (unpaired) electrons. The number of nitrogens with zero attached hydrogens (tertiary/aromatic N) is 1. The average Bonchev–Trinajstić information content (AvgIpc) is 2.84. The van der Waals surface area contributed by atoms with Crippen molar-refractivity contribution in [2.75, 3.05) is 25.3 Å². The van der Waals surface area contributed by atoms with E-state index in [2.05, 4.69) is 10.6 Å². The Balaban J connectivity index is 2.09. The first-order chi connectivity index (χ1) is 16.3. The van der Waals surface area contributed by atoms with Crippen molar-refractivity contribution >= 4 is 35.0 Å². The van der Waals surface area contributed by atoms with Crippen molar-refractivity contribution in [3.8, 4) is 11.5 Å². The van der Waals surface area contributed by atoms with Crippen molar-refractivity contribution in [2.24, 2.45) is 0 Å². The van der Waals surface area contributed by atoms with E-state index in [1.54, 1.807) is 54.6 Å². The zero-order chi connectivity index (χ0) is 24.7. The molecule has 0 aromatic heterocycles. The summed E-state index contributed by atoms with van der Waals surface area (Å²) in [5, 5.41) is 16.8. The highest BCUT2D eigenvalue weighted by Gasteiger charge is 2.22. The summed E-state index contributed by atoms with van der Waals surface area (Å²) >= 11 is 0. The summed E-state index contributed by atoms with van der Waals surface area (Å²) in [6, 6.07) is 17.3. The third kappa shape index (κ3) is 5.49. The molecule has 0 fully saturated rings. The summed E-state index contributed by atoms with van der Waals surface area (Å²) in [7, 11) is 2.72. The fourth-order valence-electron chi connectivity index (χ4n) is 3.06. The van der Waals surface area contributed by atoms with E-state index in [4.69, 9.17) is 15.2 Å². The molecule has 0 saturated heterocycles. The summed E-state index contributed by atoms with van der Waals surface area (Å²) in [6.45, 7) is 0. The topological polar surface area (TPSA) is 146 Å². The minimum absolute atomic E-state index is 0.0159. The number of nitrogens with two attached hydrogens (primary N) is 1. The molecule has 0 atom stereocenters. The Morgan fingerprint density at radius 3 is 2.21 bits per heavy atom. The summed E-state index contributed by atoms with van der Waals surface area (Å²) < 4.78 is 10.4. The Bertz CT molecular complexity index is 1260. The van der Waals surface area contributed by atoms with Gasteiger partial charge in [0.2, 0.25) is 0 Å². The molecule has 0 unspecified atom stereocenters. The number of rotatable bonds is 8. The number of nitrogen functional groups attached to an aromatic ring is 1. The Labute approximate surface area is 195 Å². The molecule has 2 amide bonds. The third-order valence-corrected chi connectivity index (χ3v) is 4.77. The predicted octanol–water partition coefficient (Wildman–Crippen LogP) is 3.60. The van der Waals surface area contributed by atoms with E-state index in [0.717, 1.165) is 0 Å². The standard InChI is InChI=1S/C24H22N4O6/c1-33-21-13-16(20(28(31)32)14-22(21)34-2)12-19(27-23(29)15-8-4-3-5-9-15)24(30)26-18-11-7-6-10-17(18)25/h3-14H,25H2,1-2H3,(H,26,30)(H,27,29)/b19-12+. The maximum absolute atomic E-state index is 13.1. The fraction of sp³-hybridized carbons (Fsp3) is 0.0833. The van der Waals surface area contributed by atoms with Crippen LogP contribution in [0.2, 0.25) is 0 Å². The van der Waals surface area contributed by atoms with E-state index in [9.17, 15) is 19.7 Å². The summed E-state index contributed by atoms with van der Waals surface area (Å²) in [5.41, 5.74) is 6.24. The van der Waals surface area contributed by atoms with Crippen LogP contribution in [-0.4, -0.2) is 31.0 Å². The van der Waals surface area contributed by atoms with Crippen molar-refractivity contribution < 1.29 is 24.0 Å². The predicted molar refractivity (Wildman–Crippen MR) is 128 cm³/mol. The third-order valence-electron chi connectivity index (χ3n) is 4.77. The molecule has 3 aromatic carbocycles. The molecule has 34 heavy (non-hydrogen) atoms. The van der Waals surface area contributed by atoms with Gasteiger partial charge in [0.25, 0.3) is 17.5 Å². The van der Waals surface area contributed by atoms with E-state index in [-0.39, 0.29) is 28.4 Å². The minimum atomic E-state index is -0.730. The SMILES string of the molecule is COc1cc(/C=C(/NC(=O)c2ccccc2)C(=O)Nc2ccccc2N)c([N+](=O)[O-])cc1OC. The number of nitro groups is 1.